The molecule has 3 aromatic heterocycles. The van der Waals surface area contributed by atoms with Gasteiger partial charge in [0, 0.05) is 18.0 Å². The van der Waals surface area contributed by atoms with Crippen molar-refractivity contribution in [3.05, 3.63) is 24.3 Å². The molecular formula is C15H17F2N5O3S. The number of nitrogens with one attached hydrogen (secondary N) is 2. The Labute approximate surface area is 147 Å². The molecule has 1 aliphatic rings. The highest BCUT2D eigenvalue weighted by molar-refractivity contribution is 7.88. The first-order valence-corrected chi connectivity index (χ1v) is 9.86. The summed E-state index contributed by atoms with van der Waals surface area (Å²) in [4.78, 5) is 11.7. The fourth-order valence-electron chi connectivity index (χ4n) is 3.33. The number of halogens is 2. The minimum atomic E-state index is -3.47. The molecule has 1 fully saturated rings. The number of aromatic nitrogens is 4. The van der Waals surface area contributed by atoms with E-state index in [0.717, 1.165) is 11.6 Å². The first-order chi connectivity index (χ1) is 12.2. The van der Waals surface area contributed by atoms with E-state index < -0.39 is 35.0 Å². The number of sulfonamides is 1. The standard InChI is InChI=1S/C15H17F2N5O3S/c1-26(23,24)20-6-12-21-11-5-19-14-10(2-3-18-14)13(11)22(12)9-4-15(16,17)8-25-7-9/h2-3,5,9,20H,4,6-8H2,1H3,(H,18,19). The molecule has 26 heavy (non-hydrogen) atoms. The van der Waals surface area contributed by atoms with Gasteiger partial charge in [0.2, 0.25) is 10.0 Å². The Bertz CT molecular complexity index is 1080. The number of hydrogen-bond donors (Lipinski definition) is 2. The molecule has 8 nitrogen and oxygen atoms in total. The maximum absolute atomic E-state index is 13.9. The van der Waals surface area contributed by atoms with E-state index in [1.807, 2.05) is 0 Å². The molecule has 1 aliphatic heterocycles. The average Bonchev–Trinajstić information content (AvgIpc) is 3.14. The van der Waals surface area contributed by atoms with Crippen molar-refractivity contribution >= 4 is 32.1 Å². The molecule has 0 spiro atoms. The summed E-state index contributed by atoms with van der Waals surface area (Å²) >= 11 is 0. The molecule has 4 heterocycles. The topological polar surface area (TPSA) is 102 Å². The van der Waals surface area contributed by atoms with Crippen LogP contribution in [-0.2, 0) is 21.3 Å². The van der Waals surface area contributed by atoms with Crippen molar-refractivity contribution in [2.75, 3.05) is 19.5 Å². The van der Waals surface area contributed by atoms with Crippen molar-refractivity contribution in [2.24, 2.45) is 0 Å². The van der Waals surface area contributed by atoms with Gasteiger partial charge in [-0.15, -0.1) is 0 Å². The van der Waals surface area contributed by atoms with Gasteiger partial charge in [-0.25, -0.2) is 31.9 Å². The second kappa shape index (κ2) is 5.96. The normalized spacial score (nSPS) is 20.8. The molecular weight excluding hydrogens is 368 g/mol. The van der Waals surface area contributed by atoms with Crippen LogP contribution in [0.15, 0.2) is 18.5 Å². The van der Waals surface area contributed by atoms with E-state index in [1.165, 1.54) is 6.20 Å². The number of aromatic amines is 1. The van der Waals surface area contributed by atoms with E-state index in [4.69, 9.17) is 4.74 Å². The van der Waals surface area contributed by atoms with E-state index in [2.05, 4.69) is 19.7 Å². The molecule has 1 saturated heterocycles. The molecule has 11 heteroatoms. The summed E-state index contributed by atoms with van der Waals surface area (Å²) in [5.41, 5.74) is 1.74. The lowest BCUT2D eigenvalue weighted by Crippen LogP contribution is -2.37. The molecule has 0 amide bonds. The van der Waals surface area contributed by atoms with Crippen molar-refractivity contribution in [2.45, 2.75) is 24.9 Å². The van der Waals surface area contributed by atoms with Crippen molar-refractivity contribution in [1.82, 2.24) is 24.2 Å². The monoisotopic (exact) mass is 385 g/mol. The Hall–Kier alpha value is -2.11. The van der Waals surface area contributed by atoms with Crippen molar-refractivity contribution < 1.29 is 21.9 Å². The number of fused-ring (bicyclic) bond motifs is 3. The Morgan fingerprint density at radius 3 is 3.04 bits per heavy atom. The first kappa shape index (κ1) is 17.3. The van der Waals surface area contributed by atoms with Crippen LogP contribution < -0.4 is 4.72 Å². The highest BCUT2D eigenvalue weighted by Gasteiger charge is 2.39. The summed E-state index contributed by atoms with van der Waals surface area (Å²) in [5, 5.41) is 0.731. The third-order valence-electron chi connectivity index (χ3n) is 4.32. The lowest BCUT2D eigenvalue weighted by molar-refractivity contribution is -0.131. The molecule has 1 atom stereocenters. The molecule has 1 unspecified atom stereocenters. The van der Waals surface area contributed by atoms with Crippen LogP contribution in [0.2, 0.25) is 0 Å². The number of nitrogens with zero attached hydrogens (tertiary/aromatic N) is 3. The Balaban J connectivity index is 1.89. The van der Waals surface area contributed by atoms with Crippen LogP contribution in [0.4, 0.5) is 8.78 Å². The fourth-order valence-corrected chi connectivity index (χ4v) is 3.72. The second-order valence-corrected chi connectivity index (χ2v) is 8.29. The van der Waals surface area contributed by atoms with Gasteiger partial charge >= 0.3 is 0 Å². The van der Waals surface area contributed by atoms with Gasteiger partial charge in [0.05, 0.1) is 37.2 Å². The third kappa shape index (κ3) is 3.17. The Morgan fingerprint density at radius 2 is 2.31 bits per heavy atom. The maximum Gasteiger partial charge on any atom is 0.273 e. The molecule has 2 N–H and O–H groups in total. The van der Waals surface area contributed by atoms with Crippen molar-refractivity contribution in [3.63, 3.8) is 0 Å². The number of H-pyrrole nitrogens is 1. The first-order valence-electron chi connectivity index (χ1n) is 7.97. The van der Waals surface area contributed by atoms with E-state index >= 15 is 0 Å². The van der Waals surface area contributed by atoms with E-state index in [9.17, 15) is 17.2 Å². The molecule has 0 saturated carbocycles. The SMILES string of the molecule is CS(=O)(=O)NCc1nc2cnc3[nH]ccc3c2n1C1COCC(F)(F)C1. The minimum Gasteiger partial charge on any atom is -0.373 e. The Morgan fingerprint density at radius 1 is 1.50 bits per heavy atom. The summed E-state index contributed by atoms with van der Waals surface area (Å²) in [7, 11) is -3.47. The summed E-state index contributed by atoms with van der Waals surface area (Å²) in [6, 6.07) is 1.12. The molecule has 0 radical (unpaired) electrons. The zero-order chi connectivity index (χ0) is 18.5. The van der Waals surface area contributed by atoms with Crippen LogP contribution in [0.5, 0.6) is 0 Å². The molecule has 0 bridgehead atoms. The summed E-state index contributed by atoms with van der Waals surface area (Å²) in [5.74, 6) is -2.61. The van der Waals surface area contributed by atoms with Gasteiger partial charge in [0.15, 0.2) is 0 Å². The summed E-state index contributed by atoms with van der Waals surface area (Å²) in [6.07, 6.45) is 3.87. The van der Waals surface area contributed by atoms with Crippen molar-refractivity contribution in [3.8, 4) is 0 Å². The maximum atomic E-state index is 13.9. The lowest BCUT2D eigenvalue weighted by Gasteiger charge is -2.31. The van der Waals surface area contributed by atoms with Crippen LogP contribution in [0.3, 0.4) is 0 Å². The van der Waals surface area contributed by atoms with E-state index in [-0.39, 0.29) is 13.2 Å². The summed E-state index contributed by atoms with van der Waals surface area (Å²) in [6.45, 7) is -0.628. The fraction of sp³-hybridized carbons (Fsp3) is 0.467. The lowest BCUT2D eigenvalue weighted by atomic mass is 10.1. The van der Waals surface area contributed by atoms with E-state index in [0.29, 0.717) is 22.5 Å². The van der Waals surface area contributed by atoms with Crippen molar-refractivity contribution in [1.29, 1.82) is 0 Å². The number of alkyl halides is 2. The smallest absolute Gasteiger partial charge is 0.273 e. The van der Waals surface area contributed by atoms with Crippen LogP contribution in [0.1, 0.15) is 18.3 Å². The largest absolute Gasteiger partial charge is 0.373 e. The van der Waals surface area contributed by atoms with Gasteiger partial charge in [-0.3, -0.25) is 0 Å². The van der Waals surface area contributed by atoms with Crippen LogP contribution in [-0.4, -0.2) is 53.3 Å². The molecule has 4 rings (SSSR count). The minimum absolute atomic E-state index is 0.0984. The second-order valence-electron chi connectivity index (χ2n) is 6.45. The van der Waals surface area contributed by atoms with Gasteiger partial charge in [0.25, 0.3) is 5.92 Å². The quantitative estimate of drug-likeness (QED) is 0.710. The average molecular weight is 385 g/mol. The van der Waals surface area contributed by atoms with E-state index in [1.54, 1.807) is 16.8 Å². The van der Waals surface area contributed by atoms with Crippen LogP contribution in [0, 0.1) is 0 Å². The number of rotatable bonds is 4. The predicted octanol–water partition coefficient (Wildman–Crippen LogP) is 1.56. The van der Waals surface area contributed by atoms with Gasteiger partial charge in [-0.05, 0) is 6.07 Å². The predicted molar refractivity (Wildman–Crippen MR) is 90.5 cm³/mol. The van der Waals surface area contributed by atoms with Gasteiger partial charge in [-0.2, -0.15) is 0 Å². The number of imidazole rings is 1. The van der Waals surface area contributed by atoms with Crippen LogP contribution >= 0.6 is 0 Å². The Kier molecular flexibility index (Phi) is 3.97. The highest BCUT2D eigenvalue weighted by atomic mass is 32.2. The summed E-state index contributed by atoms with van der Waals surface area (Å²) < 4.78 is 59.9. The molecule has 0 aromatic carbocycles. The zero-order valence-corrected chi connectivity index (χ0v) is 14.7. The highest BCUT2D eigenvalue weighted by Crippen LogP contribution is 2.36. The molecule has 0 aliphatic carbocycles. The third-order valence-corrected chi connectivity index (χ3v) is 4.99. The number of pyridine rings is 1. The number of ether oxygens (including phenoxy) is 1. The van der Waals surface area contributed by atoms with Crippen LogP contribution in [0.25, 0.3) is 22.1 Å². The van der Waals surface area contributed by atoms with Gasteiger partial charge < -0.3 is 14.3 Å². The number of hydrogen-bond acceptors (Lipinski definition) is 5. The molecule has 3 aromatic rings. The van der Waals surface area contributed by atoms with Gasteiger partial charge in [0.1, 0.15) is 23.6 Å². The van der Waals surface area contributed by atoms with Gasteiger partial charge in [-0.1, -0.05) is 0 Å². The molecule has 140 valence electrons. The zero-order valence-electron chi connectivity index (χ0n) is 13.9.